The molecule has 0 radical (unpaired) electrons. The molecule has 0 fully saturated rings. The van der Waals surface area contributed by atoms with Crippen LogP contribution in [0.1, 0.15) is 36.1 Å². The smallest absolute Gasteiger partial charge is 0.196 e. The number of allylic oxidation sites excluding steroid dienone is 2. The van der Waals surface area contributed by atoms with Crippen molar-refractivity contribution in [2.45, 2.75) is 25.7 Å². The van der Waals surface area contributed by atoms with Gasteiger partial charge >= 0.3 is 0 Å². The molecule has 0 saturated heterocycles. The molecule has 2 aromatic rings. The quantitative estimate of drug-likeness (QED) is 0.189. The van der Waals surface area contributed by atoms with E-state index in [0.717, 1.165) is 19.1 Å². The molecule has 0 bridgehead atoms. The van der Waals surface area contributed by atoms with Crippen LogP contribution in [0, 0.1) is 47.6 Å². The van der Waals surface area contributed by atoms with Crippen LogP contribution < -0.4 is 0 Å². The maximum Gasteiger partial charge on any atom is 0.196 e. The van der Waals surface area contributed by atoms with Gasteiger partial charge in [0.25, 0.3) is 0 Å². The lowest BCUT2D eigenvalue weighted by atomic mass is 10.0. The third kappa shape index (κ3) is 4.48. The van der Waals surface area contributed by atoms with E-state index in [0.29, 0.717) is 11.8 Å². The molecule has 0 amide bonds. The highest BCUT2D eigenvalue weighted by Crippen LogP contribution is 2.33. The molecule has 0 saturated carbocycles. The van der Waals surface area contributed by atoms with Gasteiger partial charge in [0.15, 0.2) is 29.1 Å². The van der Waals surface area contributed by atoms with Crippen molar-refractivity contribution in [2.24, 2.45) is 0 Å². The molecule has 0 atom stereocenters. The molecule has 0 aromatic heterocycles. The van der Waals surface area contributed by atoms with Gasteiger partial charge in [0.05, 0.1) is 10.5 Å². The first-order valence-electron chi connectivity index (χ1n) is 8.74. The van der Waals surface area contributed by atoms with E-state index in [-0.39, 0.29) is 16.9 Å². The summed E-state index contributed by atoms with van der Waals surface area (Å²) in [6.45, 7) is 4.11. The van der Waals surface area contributed by atoms with Crippen molar-refractivity contribution >= 4 is 30.0 Å². The van der Waals surface area contributed by atoms with Gasteiger partial charge in [-0.1, -0.05) is 36.5 Å². The molecular formula is C22H17F7S. The van der Waals surface area contributed by atoms with Crippen LogP contribution in [0.4, 0.5) is 30.7 Å². The monoisotopic (exact) mass is 446 g/mol. The Kier molecular flexibility index (Phi) is 7.95. The summed E-state index contributed by atoms with van der Waals surface area (Å²) in [6.07, 6.45) is 7.19. The van der Waals surface area contributed by atoms with Gasteiger partial charge in [0.1, 0.15) is 11.6 Å². The highest BCUT2D eigenvalue weighted by molar-refractivity contribution is 7.99. The van der Waals surface area contributed by atoms with Gasteiger partial charge in [-0.15, -0.1) is 11.8 Å². The van der Waals surface area contributed by atoms with Crippen molar-refractivity contribution in [3.05, 3.63) is 81.2 Å². The molecule has 0 aliphatic carbocycles. The van der Waals surface area contributed by atoms with E-state index in [2.05, 4.69) is 0 Å². The molecule has 0 aliphatic rings. The lowest BCUT2D eigenvalue weighted by molar-refractivity contribution is 0.413. The number of hydrogen-bond donors (Lipinski definition) is 0. The first kappa shape index (κ1) is 23.8. The largest absolute Gasteiger partial charge is 0.206 e. The van der Waals surface area contributed by atoms with Gasteiger partial charge in [-0.25, -0.2) is 30.7 Å². The van der Waals surface area contributed by atoms with Crippen LogP contribution in [0.25, 0.3) is 18.2 Å². The van der Waals surface area contributed by atoms with Crippen LogP contribution in [0.5, 0.6) is 0 Å². The van der Waals surface area contributed by atoms with Gasteiger partial charge in [-0.3, -0.25) is 0 Å². The minimum absolute atomic E-state index is 0.185. The maximum absolute atomic E-state index is 14.4. The Hall–Kier alpha value is -2.48. The van der Waals surface area contributed by atoms with Gasteiger partial charge in [-0.05, 0) is 20.8 Å². The van der Waals surface area contributed by atoms with Crippen LogP contribution in [0.15, 0.2) is 23.1 Å². The van der Waals surface area contributed by atoms with Crippen molar-refractivity contribution in [2.75, 3.05) is 5.75 Å². The molecule has 30 heavy (non-hydrogen) atoms. The second-order valence-electron chi connectivity index (χ2n) is 6.11. The van der Waals surface area contributed by atoms with E-state index in [1.54, 1.807) is 6.92 Å². The molecule has 8 heteroatoms. The van der Waals surface area contributed by atoms with Crippen molar-refractivity contribution < 1.29 is 30.7 Å². The fourth-order valence-electron chi connectivity index (χ4n) is 2.68. The van der Waals surface area contributed by atoms with E-state index in [9.17, 15) is 30.7 Å². The summed E-state index contributed by atoms with van der Waals surface area (Å²) in [7, 11) is 0. The normalized spacial score (nSPS) is 12.2. The lowest BCUT2D eigenvalue weighted by Crippen LogP contribution is -2.03. The van der Waals surface area contributed by atoms with Gasteiger partial charge in [0, 0.05) is 22.4 Å². The predicted octanol–water partition coefficient (Wildman–Crippen LogP) is 7.84. The van der Waals surface area contributed by atoms with Crippen LogP contribution in [0.3, 0.4) is 0 Å². The zero-order valence-corrected chi connectivity index (χ0v) is 17.0. The molecule has 0 unspecified atom stereocenters. The van der Waals surface area contributed by atoms with Crippen LogP contribution in [0.2, 0.25) is 0 Å². The van der Waals surface area contributed by atoms with Gasteiger partial charge < -0.3 is 0 Å². The number of thioether (sulfide) groups is 1. The van der Waals surface area contributed by atoms with Crippen molar-refractivity contribution in [1.29, 1.82) is 0 Å². The number of halogens is 7. The van der Waals surface area contributed by atoms with E-state index in [1.165, 1.54) is 31.2 Å². The summed E-state index contributed by atoms with van der Waals surface area (Å²) in [5.41, 5.74) is -1.77. The van der Waals surface area contributed by atoms with E-state index in [4.69, 9.17) is 0 Å². The third-order valence-corrected chi connectivity index (χ3v) is 5.15. The van der Waals surface area contributed by atoms with Gasteiger partial charge in [0.2, 0.25) is 0 Å². The molecule has 160 valence electrons. The van der Waals surface area contributed by atoms with E-state index < -0.39 is 56.7 Å². The van der Waals surface area contributed by atoms with E-state index in [1.807, 2.05) is 0 Å². The average molecular weight is 446 g/mol. The van der Waals surface area contributed by atoms with E-state index >= 15 is 0 Å². The Morgan fingerprint density at radius 3 is 1.73 bits per heavy atom. The first-order valence-corrected chi connectivity index (χ1v) is 9.73. The zero-order chi connectivity index (χ0) is 22.6. The summed E-state index contributed by atoms with van der Waals surface area (Å²) in [5, 5.41) is 0. The Labute approximate surface area is 173 Å². The average Bonchev–Trinajstić information content (AvgIpc) is 2.73. The standard InChI is InChI=1S/C22H17F7S/c1-4-7-12-13(17(25)16(24)11(3)15(12)23)9-6-10-30-22-19(27)14(8-5-2)18(26)20(28)21(22)29/h4-9H,10H2,1-3H3/b7-4+,8-5+,9-6+. The lowest BCUT2D eigenvalue weighted by Gasteiger charge is -2.10. The predicted molar refractivity (Wildman–Crippen MR) is 107 cm³/mol. The number of rotatable bonds is 6. The second kappa shape index (κ2) is 10.0. The summed E-state index contributed by atoms with van der Waals surface area (Å²) < 4.78 is 98.3. The van der Waals surface area contributed by atoms with Crippen LogP contribution >= 0.6 is 11.8 Å². The minimum Gasteiger partial charge on any atom is -0.206 e. The second-order valence-corrected chi connectivity index (χ2v) is 7.14. The summed E-state index contributed by atoms with van der Waals surface area (Å²) in [5.74, 6) is -10.2. The zero-order valence-electron chi connectivity index (χ0n) is 16.2. The molecule has 0 heterocycles. The molecule has 0 spiro atoms. The summed E-state index contributed by atoms with van der Waals surface area (Å²) in [4.78, 5) is -0.762. The fraction of sp³-hybridized carbons (Fsp3) is 0.182. The molecular weight excluding hydrogens is 429 g/mol. The molecule has 0 N–H and O–H groups in total. The van der Waals surface area contributed by atoms with Crippen LogP contribution in [-0.2, 0) is 0 Å². The third-order valence-electron chi connectivity index (χ3n) is 4.15. The molecule has 2 aromatic carbocycles. The Morgan fingerprint density at radius 2 is 1.13 bits per heavy atom. The van der Waals surface area contributed by atoms with Crippen molar-refractivity contribution in [3.63, 3.8) is 0 Å². The highest BCUT2D eigenvalue weighted by atomic mass is 32.2. The number of benzene rings is 2. The Bertz CT molecular complexity index is 1050. The SMILES string of the molecule is C/C=C/c1c(F)c(F)c(F)c(SC/C=C/c2c(F)c(F)c(C)c(F)c2/C=C/C)c1F. The Balaban J connectivity index is 2.39. The van der Waals surface area contributed by atoms with Crippen LogP contribution in [-0.4, -0.2) is 5.75 Å². The first-order chi connectivity index (χ1) is 14.2. The molecule has 0 aliphatic heterocycles. The molecule has 0 nitrogen and oxygen atoms in total. The van der Waals surface area contributed by atoms with Crippen molar-refractivity contribution in [1.82, 2.24) is 0 Å². The number of hydrogen-bond acceptors (Lipinski definition) is 1. The van der Waals surface area contributed by atoms with Crippen molar-refractivity contribution in [3.8, 4) is 0 Å². The molecule has 2 rings (SSSR count). The fourth-order valence-corrected chi connectivity index (χ4v) is 3.49. The minimum atomic E-state index is -1.82. The topological polar surface area (TPSA) is 0 Å². The van der Waals surface area contributed by atoms with Gasteiger partial charge in [-0.2, -0.15) is 0 Å². The summed E-state index contributed by atoms with van der Waals surface area (Å²) in [6, 6.07) is 0. The highest BCUT2D eigenvalue weighted by Gasteiger charge is 2.24. The summed E-state index contributed by atoms with van der Waals surface area (Å²) >= 11 is 0.487. The maximum atomic E-state index is 14.4. The Morgan fingerprint density at radius 1 is 0.600 bits per heavy atom.